The van der Waals surface area contributed by atoms with Crippen LogP contribution < -0.4 is 15.8 Å². The molecule has 1 unspecified atom stereocenters. The summed E-state index contributed by atoms with van der Waals surface area (Å²) in [6.45, 7) is 3.78. The number of fused-ring (bicyclic) bond motifs is 3. The van der Waals surface area contributed by atoms with E-state index >= 15 is 0 Å². The van der Waals surface area contributed by atoms with Crippen LogP contribution in [0.15, 0.2) is 42.5 Å². The summed E-state index contributed by atoms with van der Waals surface area (Å²) in [5, 5.41) is 4.57. The fourth-order valence-corrected chi connectivity index (χ4v) is 2.88. The number of para-hydroxylation sites is 1. The molecule has 2 atom stereocenters. The summed E-state index contributed by atoms with van der Waals surface area (Å²) in [5.41, 5.74) is 7.34. The van der Waals surface area contributed by atoms with Gasteiger partial charge in [-0.3, -0.25) is 4.79 Å². The Labute approximate surface area is 145 Å². The van der Waals surface area contributed by atoms with E-state index in [0.29, 0.717) is 5.75 Å². The number of H-pyrrole nitrogens is 1. The number of rotatable bonds is 5. The molecular weight excluding hydrogens is 318 g/mol. The van der Waals surface area contributed by atoms with E-state index in [4.69, 9.17) is 10.5 Å². The number of benzene rings is 2. The summed E-state index contributed by atoms with van der Waals surface area (Å²) in [7, 11) is 0. The molecule has 1 heterocycles. The molecule has 0 aliphatic carbocycles. The molecule has 0 saturated heterocycles. The minimum atomic E-state index is -0.755. The molecule has 0 aliphatic heterocycles. The number of primary amides is 1. The molecule has 0 spiro atoms. The third-order valence-corrected chi connectivity index (χ3v) is 4.48. The van der Waals surface area contributed by atoms with Gasteiger partial charge < -0.3 is 20.8 Å². The number of carbonyl (C=O) groups is 2. The second-order valence-electron chi connectivity index (χ2n) is 6.18. The molecule has 2 amide bonds. The lowest BCUT2D eigenvalue weighted by atomic mass is 9.99. The number of hydrogen-bond donors (Lipinski definition) is 3. The second kappa shape index (κ2) is 6.84. The van der Waals surface area contributed by atoms with Gasteiger partial charge in [0.2, 0.25) is 5.91 Å². The van der Waals surface area contributed by atoms with E-state index in [1.54, 1.807) is 12.1 Å². The van der Waals surface area contributed by atoms with Crippen molar-refractivity contribution in [3.05, 3.63) is 42.5 Å². The molecule has 6 heteroatoms. The van der Waals surface area contributed by atoms with E-state index in [2.05, 4.69) is 10.3 Å². The molecule has 3 aromatic rings. The largest absolute Gasteiger partial charge is 0.413 e. The molecule has 4 N–H and O–H groups in total. The van der Waals surface area contributed by atoms with Gasteiger partial charge in [-0.25, -0.2) is 4.79 Å². The molecule has 0 saturated carbocycles. The van der Waals surface area contributed by atoms with Crippen molar-refractivity contribution >= 4 is 33.8 Å². The minimum Gasteiger partial charge on any atom is -0.410 e. The lowest BCUT2D eigenvalue weighted by Gasteiger charge is -2.20. The number of amides is 2. The third kappa shape index (κ3) is 3.42. The molecule has 0 radical (unpaired) electrons. The molecule has 2 aromatic carbocycles. The normalized spacial score (nSPS) is 13.5. The predicted octanol–water partition coefficient (Wildman–Crippen LogP) is 3.31. The molecule has 3 rings (SSSR count). The number of carbonyl (C=O) groups excluding carboxylic acids is 2. The first-order chi connectivity index (χ1) is 12.0. The average molecular weight is 339 g/mol. The van der Waals surface area contributed by atoms with Gasteiger partial charge in [0.15, 0.2) is 0 Å². The average Bonchev–Trinajstić information content (AvgIpc) is 2.97. The minimum absolute atomic E-state index is 0.0684. The van der Waals surface area contributed by atoms with Crippen molar-refractivity contribution < 1.29 is 14.3 Å². The smallest absolute Gasteiger partial charge is 0.410 e. The van der Waals surface area contributed by atoms with Crippen molar-refractivity contribution in [3.63, 3.8) is 0 Å². The highest BCUT2D eigenvalue weighted by molar-refractivity contribution is 6.07. The quantitative estimate of drug-likeness (QED) is 0.665. The monoisotopic (exact) mass is 339 g/mol. The Bertz CT molecular complexity index is 932. The van der Waals surface area contributed by atoms with Gasteiger partial charge in [-0.15, -0.1) is 0 Å². The Morgan fingerprint density at radius 1 is 1.16 bits per heavy atom. The first-order valence-electron chi connectivity index (χ1n) is 8.27. The zero-order chi connectivity index (χ0) is 18.0. The number of nitrogens with two attached hydrogens (primary N) is 1. The second-order valence-corrected chi connectivity index (χ2v) is 6.18. The maximum atomic E-state index is 12.1. The van der Waals surface area contributed by atoms with Crippen LogP contribution in [0.5, 0.6) is 5.75 Å². The Kier molecular flexibility index (Phi) is 4.61. The predicted molar refractivity (Wildman–Crippen MR) is 97.4 cm³/mol. The summed E-state index contributed by atoms with van der Waals surface area (Å²) in [6, 6.07) is 12.5. The first-order valence-corrected chi connectivity index (χ1v) is 8.27. The number of aromatic nitrogens is 1. The van der Waals surface area contributed by atoms with E-state index in [-0.39, 0.29) is 5.92 Å². The van der Waals surface area contributed by atoms with Crippen LogP contribution in [-0.2, 0) is 4.79 Å². The lowest BCUT2D eigenvalue weighted by Crippen LogP contribution is -2.49. The van der Waals surface area contributed by atoms with Gasteiger partial charge in [-0.2, -0.15) is 0 Å². The SMILES string of the molecule is CC[C@H](C)C(NC(=O)Oc1ccc2[nH]c3ccccc3c2c1)C(N)=O. The molecule has 1 aromatic heterocycles. The van der Waals surface area contributed by atoms with Gasteiger partial charge in [-0.1, -0.05) is 38.5 Å². The van der Waals surface area contributed by atoms with Crippen molar-refractivity contribution in [2.75, 3.05) is 0 Å². The van der Waals surface area contributed by atoms with Gasteiger partial charge in [0.25, 0.3) is 0 Å². The van der Waals surface area contributed by atoms with E-state index in [1.165, 1.54) is 0 Å². The van der Waals surface area contributed by atoms with E-state index in [9.17, 15) is 9.59 Å². The topological polar surface area (TPSA) is 97.2 Å². The molecule has 0 aliphatic rings. The first kappa shape index (κ1) is 16.8. The maximum absolute atomic E-state index is 12.1. The molecule has 0 bridgehead atoms. The van der Waals surface area contributed by atoms with Crippen LogP contribution in [0.1, 0.15) is 20.3 Å². The highest BCUT2D eigenvalue weighted by Crippen LogP contribution is 2.28. The molecular formula is C19H21N3O3. The Hall–Kier alpha value is -3.02. The van der Waals surface area contributed by atoms with Gasteiger partial charge in [0, 0.05) is 21.8 Å². The number of nitrogens with one attached hydrogen (secondary N) is 2. The Morgan fingerprint density at radius 3 is 2.60 bits per heavy atom. The van der Waals surface area contributed by atoms with Crippen LogP contribution in [0.4, 0.5) is 4.79 Å². The Morgan fingerprint density at radius 2 is 1.88 bits per heavy atom. The zero-order valence-electron chi connectivity index (χ0n) is 14.2. The molecule has 6 nitrogen and oxygen atoms in total. The van der Waals surface area contributed by atoms with Crippen molar-refractivity contribution in [2.24, 2.45) is 11.7 Å². The van der Waals surface area contributed by atoms with Gasteiger partial charge in [0.1, 0.15) is 11.8 Å². The number of ether oxygens (including phenoxy) is 1. The summed E-state index contributed by atoms with van der Waals surface area (Å²) in [6.07, 6.45) is 0.0260. The third-order valence-electron chi connectivity index (χ3n) is 4.48. The van der Waals surface area contributed by atoms with E-state index in [0.717, 1.165) is 28.2 Å². The highest BCUT2D eigenvalue weighted by Gasteiger charge is 2.24. The van der Waals surface area contributed by atoms with Crippen molar-refractivity contribution in [1.82, 2.24) is 10.3 Å². The van der Waals surface area contributed by atoms with Gasteiger partial charge in [0.05, 0.1) is 0 Å². The summed E-state index contributed by atoms with van der Waals surface area (Å²) < 4.78 is 5.34. The zero-order valence-corrected chi connectivity index (χ0v) is 14.2. The van der Waals surface area contributed by atoms with Crippen molar-refractivity contribution in [1.29, 1.82) is 0 Å². The van der Waals surface area contributed by atoms with E-state index in [1.807, 2.05) is 44.2 Å². The van der Waals surface area contributed by atoms with Crippen LogP contribution in [0.25, 0.3) is 21.8 Å². The Balaban J connectivity index is 1.81. The van der Waals surface area contributed by atoms with Crippen LogP contribution in [0.3, 0.4) is 0 Å². The fraction of sp³-hybridized carbons (Fsp3) is 0.263. The lowest BCUT2D eigenvalue weighted by molar-refractivity contribution is -0.121. The van der Waals surface area contributed by atoms with Crippen LogP contribution in [0, 0.1) is 5.92 Å². The van der Waals surface area contributed by atoms with Crippen LogP contribution >= 0.6 is 0 Å². The fourth-order valence-electron chi connectivity index (χ4n) is 2.88. The number of aromatic amines is 1. The summed E-state index contributed by atoms with van der Waals surface area (Å²) in [4.78, 5) is 27.0. The molecule has 0 fully saturated rings. The van der Waals surface area contributed by atoms with Crippen molar-refractivity contribution in [2.45, 2.75) is 26.3 Å². The standard InChI is InChI=1S/C19H21N3O3/c1-3-11(2)17(18(20)23)22-19(24)25-12-8-9-16-14(10-12)13-6-4-5-7-15(13)21-16/h4-11,17,21H,3H2,1-2H3,(H2,20,23)(H,22,24)/t11-,17?/m0/s1. The van der Waals surface area contributed by atoms with Gasteiger partial charge >= 0.3 is 6.09 Å². The van der Waals surface area contributed by atoms with Crippen LogP contribution in [-0.4, -0.2) is 23.0 Å². The summed E-state index contributed by atoms with van der Waals surface area (Å²) in [5.74, 6) is -0.235. The van der Waals surface area contributed by atoms with Crippen molar-refractivity contribution in [3.8, 4) is 5.75 Å². The molecule has 130 valence electrons. The number of hydrogen-bond acceptors (Lipinski definition) is 3. The summed E-state index contributed by atoms with van der Waals surface area (Å²) >= 11 is 0. The van der Waals surface area contributed by atoms with E-state index < -0.39 is 18.0 Å². The van der Waals surface area contributed by atoms with Crippen LogP contribution in [0.2, 0.25) is 0 Å². The highest BCUT2D eigenvalue weighted by atomic mass is 16.6. The molecule has 25 heavy (non-hydrogen) atoms. The maximum Gasteiger partial charge on any atom is 0.413 e. The van der Waals surface area contributed by atoms with Gasteiger partial charge in [-0.05, 0) is 30.2 Å².